The summed E-state index contributed by atoms with van der Waals surface area (Å²) in [6.07, 6.45) is 2.22. The van der Waals surface area contributed by atoms with E-state index in [9.17, 15) is 4.79 Å². The van der Waals surface area contributed by atoms with Crippen molar-refractivity contribution in [1.29, 1.82) is 0 Å². The Morgan fingerprint density at radius 3 is 3.06 bits per heavy atom. The predicted molar refractivity (Wildman–Crippen MR) is 72.2 cm³/mol. The van der Waals surface area contributed by atoms with Crippen LogP contribution in [0.5, 0.6) is 0 Å². The third kappa shape index (κ3) is 3.62. The lowest BCUT2D eigenvalue weighted by molar-refractivity contribution is 0.112. The standard InChI is InChI=1S/C13H17ClN2O2/c1-9-4-5-12(11(14)7-9)16-13(17)15-8-10-3-2-6-18-10/h4-5,7,10H,2-3,6,8H2,1H3,(H2,15,16,17). The Kier molecular flexibility index (Phi) is 4.44. The predicted octanol–water partition coefficient (Wildman–Crippen LogP) is 2.95. The molecular weight excluding hydrogens is 252 g/mol. The van der Waals surface area contributed by atoms with Gasteiger partial charge in [-0.15, -0.1) is 0 Å². The number of nitrogens with one attached hydrogen (secondary N) is 2. The van der Waals surface area contributed by atoms with E-state index in [-0.39, 0.29) is 12.1 Å². The molecule has 0 aromatic heterocycles. The van der Waals surface area contributed by atoms with Gasteiger partial charge in [-0.3, -0.25) is 0 Å². The number of carbonyl (C=O) groups is 1. The molecule has 1 aliphatic heterocycles. The van der Waals surface area contributed by atoms with Gasteiger partial charge >= 0.3 is 6.03 Å². The molecule has 1 aromatic rings. The maximum atomic E-state index is 11.7. The van der Waals surface area contributed by atoms with Gasteiger partial charge in [0.2, 0.25) is 0 Å². The molecule has 0 aliphatic carbocycles. The van der Waals surface area contributed by atoms with E-state index in [4.69, 9.17) is 16.3 Å². The monoisotopic (exact) mass is 268 g/mol. The molecule has 0 bridgehead atoms. The van der Waals surface area contributed by atoms with Crippen molar-refractivity contribution in [2.24, 2.45) is 0 Å². The molecule has 0 radical (unpaired) electrons. The zero-order chi connectivity index (χ0) is 13.0. The normalized spacial score (nSPS) is 18.7. The van der Waals surface area contributed by atoms with Gasteiger partial charge in [-0.1, -0.05) is 17.7 Å². The lowest BCUT2D eigenvalue weighted by Gasteiger charge is -2.12. The molecule has 18 heavy (non-hydrogen) atoms. The number of rotatable bonds is 3. The fraction of sp³-hybridized carbons (Fsp3) is 0.462. The summed E-state index contributed by atoms with van der Waals surface area (Å²) in [7, 11) is 0. The van der Waals surface area contributed by atoms with Crippen molar-refractivity contribution in [1.82, 2.24) is 5.32 Å². The summed E-state index contributed by atoms with van der Waals surface area (Å²) in [5.74, 6) is 0. The molecule has 4 nitrogen and oxygen atoms in total. The maximum absolute atomic E-state index is 11.7. The highest BCUT2D eigenvalue weighted by atomic mass is 35.5. The van der Waals surface area contributed by atoms with E-state index in [0.29, 0.717) is 17.3 Å². The quantitative estimate of drug-likeness (QED) is 0.886. The molecule has 2 rings (SSSR count). The first kappa shape index (κ1) is 13.2. The number of aryl methyl sites for hydroxylation is 1. The van der Waals surface area contributed by atoms with Gasteiger partial charge in [-0.2, -0.15) is 0 Å². The Morgan fingerprint density at radius 2 is 2.39 bits per heavy atom. The number of carbonyl (C=O) groups excluding carboxylic acids is 1. The van der Waals surface area contributed by atoms with Gasteiger partial charge in [0.15, 0.2) is 0 Å². The molecule has 2 amide bonds. The van der Waals surface area contributed by atoms with Gasteiger partial charge in [0.1, 0.15) is 0 Å². The smallest absolute Gasteiger partial charge is 0.319 e. The van der Waals surface area contributed by atoms with Gasteiger partial charge in [0.25, 0.3) is 0 Å². The van der Waals surface area contributed by atoms with E-state index in [1.807, 2.05) is 19.1 Å². The number of hydrogen-bond acceptors (Lipinski definition) is 2. The van der Waals surface area contributed by atoms with E-state index in [2.05, 4.69) is 10.6 Å². The van der Waals surface area contributed by atoms with Crippen LogP contribution in [0.4, 0.5) is 10.5 Å². The van der Waals surface area contributed by atoms with Crippen LogP contribution in [0.15, 0.2) is 18.2 Å². The van der Waals surface area contributed by atoms with Crippen molar-refractivity contribution in [3.63, 3.8) is 0 Å². The fourth-order valence-electron chi connectivity index (χ4n) is 1.90. The molecule has 5 heteroatoms. The number of benzene rings is 1. The zero-order valence-electron chi connectivity index (χ0n) is 10.3. The summed E-state index contributed by atoms with van der Waals surface area (Å²) < 4.78 is 5.42. The zero-order valence-corrected chi connectivity index (χ0v) is 11.1. The highest BCUT2D eigenvalue weighted by molar-refractivity contribution is 6.33. The minimum absolute atomic E-state index is 0.143. The minimum atomic E-state index is -0.253. The third-order valence-electron chi connectivity index (χ3n) is 2.89. The topological polar surface area (TPSA) is 50.4 Å². The second-order valence-electron chi connectivity index (χ2n) is 4.45. The molecule has 1 heterocycles. The summed E-state index contributed by atoms with van der Waals surface area (Å²) >= 11 is 6.03. The molecular formula is C13H17ClN2O2. The van der Waals surface area contributed by atoms with Gasteiger partial charge in [0.05, 0.1) is 16.8 Å². The van der Waals surface area contributed by atoms with Crippen LogP contribution < -0.4 is 10.6 Å². The van der Waals surface area contributed by atoms with Crippen molar-refractivity contribution in [3.05, 3.63) is 28.8 Å². The SMILES string of the molecule is Cc1ccc(NC(=O)NCC2CCCO2)c(Cl)c1. The first-order valence-corrected chi connectivity index (χ1v) is 6.45. The van der Waals surface area contributed by atoms with Crippen molar-refractivity contribution in [2.75, 3.05) is 18.5 Å². The van der Waals surface area contributed by atoms with Gasteiger partial charge < -0.3 is 15.4 Å². The average Bonchev–Trinajstić information content (AvgIpc) is 2.83. The van der Waals surface area contributed by atoms with E-state index in [1.165, 1.54) is 0 Å². The summed E-state index contributed by atoms with van der Waals surface area (Å²) in [6, 6.07) is 5.26. The molecule has 98 valence electrons. The van der Waals surface area contributed by atoms with Crippen LogP contribution in [0.25, 0.3) is 0 Å². The van der Waals surface area contributed by atoms with Crippen molar-refractivity contribution in [3.8, 4) is 0 Å². The Hall–Kier alpha value is -1.26. The number of anilines is 1. The first-order valence-electron chi connectivity index (χ1n) is 6.08. The van der Waals surface area contributed by atoms with Crippen LogP contribution in [-0.2, 0) is 4.74 Å². The molecule has 0 saturated carbocycles. The maximum Gasteiger partial charge on any atom is 0.319 e. The van der Waals surface area contributed by atoms with Crippen molar-refractivity contribution < 1.29 is 9.53 Å². The molecule has 1 fully saturated rings. The van der Waals surface area contributed by atoms with Crippen LogP contribution in [0.1, 0.15) is 18.4 Å². The Morgan fingerprint density at radius 1 is 1.56 bits per heavy atom. The lowest BCUT2D eigenvalue weighted by Crippen LogP contribution is -2.35. The third-order valence-corrected chi connectivity index (χ3v) is 3.20. The highest BCUT2D eigenvalue weighted by Gasteiger charge is 2.16. The summed E-state index contributed by atoms with van der Waals surface area (Å²) in [6.45, 7) is 3.28. The largest absolute Gasteiger partial charge is 0.376 e. The van der Waals surface area contributed by atoms with Gasteiger partial charge in [-0.25, -0.2) is 4.79 Å². The number of hydrogen-bond donors (Lipinski definition) is 2. The van der Waals surface area contributed by atoms with E-state index >= 15 is 0 Å². The Balaban J connectivity index is 1.82. The second-order valence-corrected chi connectivity index (χ2v) is 4.86. The van der Waals surface area contributed by atoms with Gasteiger partial charge in [-0.05, 0) is 37.5 Å². The Labute approximate surface area is 112 Å². The summed E-state index contributed by atoms with van der Waals surface area (Å²) in [4.78, 5) is 11.7. The second kappa shape index (κ2) is 6.07. The van der Waals surface area contributed by atoms with Crippen molar-refractivity contribution >= 4 is 23.3 Å². The van der Waals surface area contributed by atoms with Crippen LogP contribution in [0.2, 0.25) is 5.02 Å². The van der Waals surface area contributed by atoms with E-state index in [1.54, 1.807) is 6.07 Å². The van der Waals surface area contributed by atoms with E-state index in [0.717, 1.165) is 25.0 Å². The average molecular weight is 269 g/mol. The van der Waals surface area contributed by atoms with Crippen LogP contribution in [0, 0.1) is 6.92 Å². The van der Waals surface area contributed by atoms with E-state index < -0.39 is 0 Å². The molecule has 1 unspecified atom stereocenters. The number of urea groups is 1. The van der Waals surface area contributed by atoms with Crippen LogP contribution in [-0.4, -0.2) is 25.3 Å². The number of halogens is 1. The molecule has 1 atom stereocenters. The molecule has 1 aliphatic rings. The first-order chi connectivity index (χ1) is 8.65. The Bertz CT molecular complexity index is 431. The molecule has 1 aromatic carbocycles. The fourth-order valence-corrected chi connectivity index (χ4v) is 2.18. The molecule has 2 N–H and O–H groups in total. The van der Waals surface area contributed by atoms with Crippen LogP contribution in [0.3, 0.4) is 0 Å². The van der Waals surface area contributed by atoms with Crippen molar-refractivity contribution in [2.45, 2.75) is 25.9 Å². The molecule has 0 spiro atoms. The van der Waals surface area contributed by atoms with Gasteiger partial charge in [0, 0.05) is 13.2 Å². The highest BCUT2D eigenvalue weighted by Crippen LogP contribution is 2.22. The lowest BCUT2D eigenvalue weighted by atomic mass is 10.2. The number of ether oxygens (including phenoxy) is 1. The summed E-state index contributed by atoms with van der Waals surface area (Å²) in [5.41, 5.74) is 1.68. The minimum Gasteiger partial charge on any atom is -0.376 e. The van der Waals surface area contributed by atoms with Crippen LogP contribution >= 0.6 is 11.6 Å². The number of amides is 2. The molecule has 1 saturated heterocycles. The summed E-state index contributed by atoms with van der Waals surface area (Å²) in [5, 5.41) is 6.05.